The number of hydrogen-bond acceptors (Lipinski definition) is 4. The molecular formula is C14H20N2O4S. The highest BCUT2D eigenvalue weighted by Gasteiger charge is 2.29. The van der Waals surface area contributed by atoms with Gasteiger partial charge >= 0.3 is 0 Å². The van der Waals surface area contributed by atoms with Crippen molar-refractivity contribution >= 4 is 15.9 Å². The molecule has 0 heterocycles. The largest absolute Gasteiger partial charge is 0.389 e. The van der Waals surface area contributed by atoms with Gasteiger partial charge in [0.05, 0.1) is 11.0 Å². The predicted molar refractivity (Wildman–Crippen MR) is 78.0 cm³/mol. The first-order valence-corrected chi connectivity index (χ1v) is 8.44. The van der Waals surface area contributed by atoms with Crippen LogP contribution >= 0.6 is 0 Å². The number of sulfonamides is 1. The van der Waals surface area contributed by atoms with Crippen LogP contribution < -0.4 is 10.0 Å². The number of aliphatic hydroxyl groups is 1. The smallest absolute Gasteiger partial charge is 0.240 e. The summed E-state index contributed by atoms with van der Waals surface area (Å²) in [5.41, 5.74) is 0.542. The number of nitrogens with one attached hydrogen (secondary N) is 2. The maximum atomic E-state index is 12.1. The molecule has 6 nitrogen and oxygen atoms in total. The maximum Gasteiger partial charge on any atom is 0.240 e. The molecule has 1 atom stereocenters. The van der Waals surface area contributed by atoms with Gasteiger partial charge in [-0.15, -0.1) is 0 Å². The zero-order valence-electron chi connectivity index (χ0n) is 11.9. The average Bonchev–Trinajstić information content (AvgIpc) is 3.28. The molecule has 21 heavy (non-hydrogen) atoms. The molecule has 1 aliphatic carbocycles. The number of aliphatic hydroxyl groups excluding tert-OH is 1. The van der Waals surface area contributed by atoms with Gasteiger partial charge < -0.3 is 10.4 Å². The summed E-state index contributed by atoms with van der Waals surface area (Å²) in [6, 6.07) is 6.16. The summed E-state index contributed by atoms with van der Waals surface area (Å²) in [7, 11) is -3.63. The van der Waals surface area contributed by atoms with E-state index in [2.05, 4.69) is 10.0 Å². The van der Waals surface area contributed by atoms with Crippen LogP contribution in [0.1, 0.15) is 31.4 Å². The van der Waals surface area contributed by atoms with Gasteiger partial charge in [-0.1, -0.05) is 12.1 Å². The molecule has 2 rings (SSSR count). The van der Waals surface area contributed by atoms with Crippen molar-refractivity contribution in [2.75, 3.05) is 13.1 Å². The average molecular weight is 312 g/mol. The second kappa shape index (κ2) is 6.55. The van der Waals surface area contributed by atoms with Gasteiger partial charge in [0.1, 0.15) is 0 Å². The molecule has 1 amide bonds. The Kier molecular flexibility index (Phi) is 4.97. The van der Waals surface area contributed by atoms with Gasteiger partial charge in [0.15, 0.2) is 0 Å². The lowest BCUT2D eigenvalue weighted by molar-refractivity contribution is -0.122. The van der Waals surface area contributed by atoms with Crippen LogP contribution in [0.3, 0.4) is 0 Å². The van der Waals surface area contributed by atoms with E-state index >= 15 is 0 Å². The van der Waals surface area contributed by atoms with E-state index in [1.54, 1.807) is 19.1 Å². The summed E-state index contributed by atoms with van der Waals surface area (Å²) in [4.78, 5) is 11.5. The van der Waals surface area contributed by atoms with Crippen LogP contribution in [-0.4, -0.2) is 32.5 Å². The van der Waals surface area contributed by atoms with E-state index in [1.165, 1.54) is 12.1 Å². The molecule has 0 spiro atoms. The fourth-order valence-corrected chi connectivity index (χ4v) is 2.97. The van der Waals surface area contributed by atoms with Gasteiger partial charge in [-0.3, -0.25) is 4.79 Å². The van der Waals surface area contributed by atoms with Gasteiger partial charge in [-0.2, -0.15) is 0 Å². The third-order valence-corrected chi connectivity index (χ3v) is 4.77. The summed E-state index contributed by atoms with van der Waals surface area (Å²) in [5.74, 6) is 0.106. The Morgan fingerprint density at radius 2 is 2.10 bits per heavy atom. The minimum atomic E-state index is -3.63. The Morgan fingerprint density at radius 3 is 2.71 bits per heavy atom. The van der Waals surface area contributed by atoms with E-state index in [1.807, 2.05) is 0 Å². The van der Waals surface area contributed by atoms with E-state index in [4.69, 9.17) is 0 Å². The highest BCUT2D eigenvalue weighted by atomic mass is 32.2. The number of hydrogen-bond donors (Lipinski definition) is 3. The second-order valence-corrected chi connectivity index (χ2v) is 6.98. The van der Waals surface area contributed by atoms with Crippen molar-refractivity contribution < 1.29 is 18.3 Å². The predicted octanol–water partition coefficient (Wildman–Crippen LogP) is 0.544. The van der Waals surface area contributed by atoms with Gasteiger partial charge in [0.2, 0.25) is 15.9 Å². The van der Waals surface area contributed by atoms with Crippen LogP contribution in [0.4, 0.5) is 0 Å². The monoisotopic (exact) mass is 312 g/mol. The lowest BCUT2D eigenvalue weighted by Crippen LogP contribution is -2.35. The second-order valence-electron chi connectivity index (χ2n) is 5.21. The molecule has 1 aromatic carbocycles. The van der Waals surface area contributed by atoms with Gasteiger partial charge in [0.25, 0.3) is 0 Å². The SMILES string of the molecule is CC(O)c1cccc(S(=O)(=O)NCCNC(=O)C2CC2)c1. The van der Waals surface area contributed by atoms with E-state index in [-0.39, 0.29) is 29.8 Å². The Labute approximate surface area is 124 Å². The minimum Gasteiger partial charge on any atom is -0.389 e. The highest BCUT2D eigenvalue weighted by Crippen LogP contribution is 2.28. The molecule has 0 saturated heterocycles. The Morgan fingerprint density at radius 1 is 1.38 bits per heavy atom. The summed E-state index contributed by atoms with van der Waals surface area (Å²) in [6.45, 7) is 1.98. The van der Waals surface area contributed by atoms with Crippen LogP contribution in [0, 0.1) is 5.92 Å². The lowest BCUT2D eigenvalue weighted by Gasteiger charge is -2.10. The first kappa shape index (κ1) is 15.9. The van der Waals surface area contributed by atoms with Crippen molar-refractivity contribution in [1.29, 1.82) is 0 Å². The quantitative estimate of drug-likeness (QED) is 0.641. The molecule has 0 radical (unpaired) electrons. The normalized spacial score (nSPS) is 16.5. The molecule has 1 aliphatic rings. The summed E-state index contributed by atoms with van der Waals surface area (Å²) < 4.78 is 26.6. The summed E-state index contributed by atoms with van der Waals surface area (Å²) in [5, 5.41) is 12.2. The Balaban J connectivity index is 1.88. The molecule has 1 aromatic rings. The Bertz CT molecular complexity index is 609. The topological polar surface area (TPSA) is 95.5 Å². The number of benzene rings is 1. The first-order chi connectivity index (χ1) is 9.90. The van der Waals surface area contributed by atoms with Crippen molar-refractivity contribution in [1.82, 2.24) is 10.0 Å². The molecule has 1 fully saturated rings. The summed E-state index contributed by atoms with van der Waals surface area (Å²) in [6.07, 6.45) is 1.12. The number of amides is 1. The molecule has 0 bridgehead atoms. The molecule has 116 valence electrons. The van der Waals surface area contributed by atoms with Crippen molar-refractivity contribution in [3.05, 3.63) is 29.8 Å². The minimum absolute atomic E-state index is 0.00898. The maximum absolute atomic E-state index is 12.1. The molecule has 0 aromatic heterocycles. The third-order valence-electron chi connectivity index (χ3n) is 3.32. The standard InChI is InChI=1S/C14H20N2O4S/c1-10(17)12-3-2-4-13(9-12)21(19,20)16-8-7-15-14(18)11-5-6-11/h2-4,9-11,16-17H,5-8H2,1H3,(H,15,18). The van der Waals surface area contributed by atoms with Crippen LogP contribution in [0.2, 0.25) is 0 Å². The molecule has 1 unspecified atom stereocenters. The van der Waals surface area contributed by atoms with Crippen LogP contribution in [-0.2, 0) is 14.8 Å². The number of carbonyl (C=O) groups is 1. The van der Waals surface area contributed by atoms with Crippen molar-refractivity contribution in [3.63, 3.8) is 0 Å². The van der Waals surface area contributed by atoms with E-state index < -0.39 is 16.1 Å². The highest BCUT2D eigenvalue weighted by molar-refractivity contribution is 7.89. The van der Waals surface area contributed by atoms with Crippen molar-refractivity contribution in [2.24, 2.45) is 5.92 Å². The fraction of sp³-hybridized carbons (Fsp3) is 0.500. The lowest BCUT2D eigenvalue weighted by atomic mass is 10.1. The molecular weight excluding hydrogens is 292 g/mol. The number of carbonyl (C=O) groups excluding carboxylic acids is 1. The van der Waals surface area contributed by atoms with Crippen LogP contribution in [0.5, 0.6) is 0 Å². The zero-order chi connectivity index (χ0) is 15.5. The zero-order valence-corrected chi connectivity index (χ0v) is 12.7. The van der Waals surface area contributed by atoms with Crippen LogP contribution in [0.25, 0.3) is 0 Å². The van der Waals surface area contributed by atoms with E-state index in [9.17, 15) is 18.3 Å². The third kappa shape index (κ3) is 4.52. The van der Waals surface area contributed by atoms with Crippen molar-refractivity contribution in [2.45, 2.75) is 30.8 Å². The van der Waals surface area contributed by atoms with E-state index in [0.29, 0.717) is 5.56 Å². The molecule has 7 heteroatoms. The molecule has 0 aliphatic heterocycles. The van der Waals surface area contributed by atoms with Gasteiger partial charge in [-0.05, 0) is 37.5 Å². The number of rotatable bonds is 7. The fourth-order valence-electron chi connectivity index (χ4n) is 1.89. The van der Waals surface area contributed by atoms with E-state index in [0.717, 1.165) is 12.8 Å². The van der Waals surface area contributed by atoms with Crippen molar-refractivity contribution in [3.8, 4) is 0 Å². The van der Waals surface area contributed by atoms with Gasteiger partial charge in [-0.25, -0.2) is 13.1 Å². The molecule has 3 N–H and O–H groups in total. The first-order valence-electron chi connectivity index (χ1n) is 6.95. The van der Waals surface area contributed by atoms with Gasteiger partial charge in [0, 0.05) is 19.0 Å². The Hall–Kier alpha value is -1.44. The van der Waals surface area contributed by atoms with Crippen LogP contribution in [0.15, 0.2) is 29.2 Å². The molecule has 1 saturated carbocycles. The summed E-state index contributed by atoms with van der Waals surface area (Å²) >= 11 is 0.